The van der Waals surface area contributed by atoms with Crippen molar-refractivity contribution in [1.82, 2.24) is 25.3 Å². The molecule has 0 radical (unpaired) electrons. The molecule has 3 rings (SSSR count). The van der Waals surface area contributed by atoms with Crippen molar-refractivity contribution in [2.45, 2.75) is 13.5 Å². The summed E-state index contributed by atoms with van der Waals surface area (Å²) in [5.74, 6) is 0.979. The molecule has 0 saturated carbocycles. The molecule has 0 bridgehead atoms. The average Bonchev–Trinajstić information content (AvgIpc) is 3.24. The molecule has 2 aromatic rings. The van der Waals surface area contributed by atoms with Gasteiger partial charge in [-0.3, -0.25) is 4.79 Å². The summed E-state index contributed by atoms with van der Waals surface area (Å²) in [4.78, 5) is 27.5. The largest absolute Gasteiger partial charge is 0.459 e. The summed E-state index contributed by atoms with van der Waals surface area (Å²) in [6, 6.07) is 3.09. The van der Waals surface area contributed by atoms with E-state index in [4.69, 9.17) is 8.83 Å². The molecule has 122 valence electrons. The summed E-state index contributed by atoms with van der Waals surface area (Å²) >= 11 is 0. The highest BCUT2D eigenvalue weighted by molar-refractivity contribution is 5.91. The summed E-state index contributed by atoms with van der Waals surface area (Å²) in [7, 11) is 0. The van der Waals surface area contributed by atoms with Crippen molar-refractivity contribution >= 4 is 11.9 Å². The number of nitrogens with one attached hydrogen (secondary N) is 1. The van der Waals surface area contributed by atoms with Crippen LogP contribution in [-0.2, 0) is 6.54 Å². The Hall–Kier alpha value is -2.84. The number of aryl methyl sites for hydroxylation is 1. The molecule has 1 N–H and O–H groups in total. The predicted octanol–water partition coefficient (Wildman–Crippen LogP) is 0.639. The van der Waals surface area contributed by atoms with E-state index in [0.29, 0.717) is 43.7 Å². The standard InChI is InChI=1S/C14H17N5O4/c1-10-16-17-12(23-10)9-15-14(21)19-6-4-18(5-7-19)13(20)11-3-2-8-22-11/h2-3,8H,4-7,9H2,1H3,(H,15,21). The molecule has 9 heteroatoms. The number of carbonyl (C=O) groups excluding carboxylic acids is 2. The van der Waals surface area contributed by atoms with Gasteiger partial charge >= 0.3 is 6.03 Å². The molecule has 0 unspecified atom stereocenters. The van der Waals surface area contributed by atoms with Crippen LogP contribution in [0.4, 0.5) is 4.79 Å². The van der Waals surface area contributed by atoms with Crippen molar-refractivity contribution in [3.8, 4) is 0 Å². The van der Waals surface area contributed by atoms with Crippen LogP contribution in [0.1, 0.15) is 22.3 Å². The molecule has 3 heterocycles. The maximum absolute atomic E-state index is 12.1. The maximum atomic E-state index is 12.1. The van der Waals surface area contributed by atoms with E-state index in [1.54, 1.807) is 28.9 Å². The molecular weight excluding hydrogens is 302 g/mol. The highest BCUT2D eigenvalue weighted by Gasteiger charge is 2.26. The Bertz CT molecular complexity index is 673. The number of nitrogens with zero attached hydrogens (tertiary/aromatic N) is 4. The van der Waals surface area contributed by atoms with E-state index in [1.165, 1.54) is 6.26 Å². The SMILES string of the molecule is Cc1nnc(CNC(=O)N2CCN(C(=O)c3ccco3)CC2)o1. The van der Waals surface area contributed by atoms with E-state index in [1.807, 2.05) is 0 Å². The second kappa shape index (κ2) is 6.51. The molecule has 0 spiro atoms. The number of piperazine rings is 1. The highest BCUT2D eigenvalue weighted by Crippen LogP contribution is 2.09. The van der Waals surface area contributed by atoms with Crippen molar-refractivity contribution in [1.29, 1.82) is 0 Å². The topological polar surface area (TPSA) is 105 Å². The van der Waals surface area contributed by atoms with Crippen molar-refractivity contribution in [2.24, 2.45) is 0 Å². The summed E-state index contributed by atoms with van der Waals surface area (Å²) in [6.45, 7) is 3.72. The van der Waals surface area contributed by atoms with Crippen LogP contribution in [0.15, 0.2) is 27.2 Å². The van der Waals surface area contributed by atoms with Crippen LogP contribution < -0.4 is 5.32 Å². The molecule has 0 aromatic carbocycles. The Morgan fingerprint density at radius 2 is 1.96 bits per heavy atom. The molecule has 23 heavy (non-hydrogen) atoms. The van der Waals surface area contributed by atoms with Gasteiger partial charge in [0, 0.05) is 33.1 Å². The minimum atomic E-state index is -0.217. The Balaban J connectivity index is 1.46. The number of aromatic nitrogens is 2. The highest BCUT2D eigenvalue weighted by atomic mass is 16.4. The zero-order valence-corrected chi connectivity index (χ0v) is 12.7. The molecule has 2 aromatic heterocycles. The minimum Gasteiger partial charge on any atom is -0.459 e. The minimum absolute atomic E-state index is 0.156. The van der Waals surface area contributed by atoms with Gasteiger partial charge in [-0.25, -0.2) is 4.79 Å². The van der Waals surface area contributed by atoms with E-state index in [-0.39, 0.29) is 18.5 Å². The number of urea groups is 1. The molecule has 9 nitrogen and oxygen atoms in total. The van der Waals surface area contributed by atoms with E-state index in [0.717, 1.165) is 0 Å². The van der Waals surface area contributed by atoms with E-state index >= 15 is 0 Å². The molecule has 1 aliphatic rings. The van der Waals surface area contributed by atoms with Crippen LogP contribution in [0.3, 0.4) is 0 Å². The zero-order valence-electron chi connectivity index (χ0n) is 12.7. The summed E-state index contributed by atoms with van der Waals surface area (Å²) in [6.07, 6.45) is 1.47. The lowest BCUT2D eigenvalue weighted by atomic mass is 10.3. The van der Waals surface area contributed by atoms with Gasteiger partial charge in [0.05, 0.1) is 12.8 Å². The van der Waals surface area contributed by atoms with Gasteiger partial charge in [0.1, 0.15) is 0 Å². The predicted molar refractivity (Wildman–Crippen MR) is 77.5 cm³/mol. The molecule has 1 fully saturated rings. The summed E-state index contributed by atoms with van der Waals surface area (Å²) < 4.78 is 10.3. The van der Waals surface area contributed by atoms with Gasteiger partial charge in [0.2, 0.25) is 11.8 Å². The molecule has 3 amide bonds. The van der Waals surface area contributed by atoms with Gasteiger partial charge < -0.3 is 24.0 Å². The number of carbonyl (C=O) groups is 2. The lowest BCUT2D eigenvalue weighted by Crippen LogP contribution is -2.53. The lowest BCUT2D eigenvalue weighted by molar-refractivity contribution is 0.0634. The summed E-state index contributed by atoms with van der Waals surface area (Å²) in [5, 5.41) is 10.2. The smallest absolute Gasteiger partial charge is 0.317 e. The number of hydrogen-bond acceptors (Lipinski definition) is 6. The van der Waals surface area contributed by atoms with Gasteiger partial charge in [-0.05, 0) is 12.1 Å². The Morgan fingerprint density at radius 1 is 1.22 bits per heavy atom. The fraction of sp³-hybridized carbons (Fsp3) is 0.429. The fourth-order valence-electron chi connectivity index (χ4n) is 2.34. The van der Waals surface area contributed by atoms with Crippen molar-refractivity contribution in [3.05, 3.63) is 35.9 Å². The quantitative estimate of drug-likeness (QED) is 0.890. The molecular formula is C14H17N5O4. The van der Waals surface area contributed by atoms with Crippen molar-refractivity contribution in [3.63, 3.8) is 0 Å². The van der Waals surface area contributed by atoms with Crippen molar-refractivity contribution in [2.75, 3.05) is 26.2 Å². The second-order valence-electron chi connectivity index (χ2n) is 5.13. The van der Waals surface area contributed by atoms with Crippen LogP contribution in [0, 0.1) is 6.92 Å². The Kier molecular flexibility index (Phi) is 4.26. The molecule has 0 atom stereocenters. The normalized spacial score (nSPS) is 14.8. The van der Waals surface area contributed by atoms with Crippen molar-refractivity contribution < 1.29 is 18.4 Å². The zero-order chi connectivity index (χ0) is 16.2. The number of hydrogen-bond donors (Lipinski definition) is 1. The third-order valence-corrected chi connectivity index (χ3v) is 3.54. The van der Waals surface area contributed by atoms with Crippen LogP contribution in [0.25, 0.3) is 0 Å². The first-order valence-electron chi connectivity index (χ1n) is 7.28. The van der Waals surface area contributed by atoms with Gasteiger partial charge in [-0.2, -0.15) is 0 Å². The first kappa shape index (κ1) is 15.1. The van der Waals surface area contributed by atoms with Gasteiger partial charge in [-0.15, -0.1) is 10.2 Å². The Morgan fingerprint density at radius 3 is 2.57 bits per heavy atom. The van der Waals surface area contributed by atoms with Crippen LogP contribution in [-0.4, -0.2) is 58.1 Å². The Labute approximate surface area is 132 Å². The summed E-state index contributed by atoms with van der Waals surface area (Å²) in [5.41, 5.74) is 0. The number of rotatable bonds is 3. The first-order chi connectivity index (χ1) is 11.1. The number of furan rings is 1. The third kappa shape index (κ3) is 3.50. The average molecular weight is 319 g/mol. The third-order valence-electron chi connectivity index (χ3n) is 3.54. The van der Waals surface area contributed by atoms with Crippen LogP contribution in [0.2, 0.25) is 0 Å². The molecule has 0 aliphatic carbocycles. The number of amides is 3. The monoisotopic (exact) mass is 319 g/mol. The fourth-order valence-corrected chi connectivity index (χ4v) is 2.34. The maximum Gasteiger partial charge on any atom is 0.317 e. The van der Waals surface area contributed by atoms with E-state index in [2.05, 4.69) is 15.5 Å². The lowest BCUT2D eigenvalue weighted by Gasteiger charge is -2.34. The van der Waals surface area contributed by atoms with Gasteiger partial charge in [0.15, 0.2) is 5.76 Å². The van der Waals surface area contributed by atoms with Gasteiger partial charge in [0.25, 0.3) is 5.91 Å². The van der Waals surface area contributed by atoms with E-state index < -0.39 is 0 Å². The van der Waals surface area contributed by atoms with E-state index in [9.17, 15) is 9.59 Å². The molecule has 1 saturated heterocycles. The van der Waals surface area contributed by atoms with Gasteiger partial charge in [-0.1, -0.05) is 0 Å². The van der Waals surface area contributed by atoms with Crippen LogP contribution >= 0.6 is 0 Å². The van der Waals surface area contributed by atoms with Crippen LogP contribution in [0.5, 0.6) is 0 Å². The second-order valence-corrected chi connectivity index (χ2v) is 5.13. The molecule has 1 aliphatic heterocycles. The first-order valence-corrected chi connectivity index (χ1v) is 7.28.